The lowest BCUT2D eigenvalue weighted by Crippen LogP contribution is -2.55. The molecule has 0 bridgehead atoms. The van der Waals surface area contributed by atoms with Gasteiger partial charge in [-0.3, -0.25) is 9.59 Å². The van der Waals surface area contributed by atoms with Crippen molar-refractivity contribution in [3.05, 3.63) is 60.2 Å². The van der Waals surface area contributed by atoms with Crippen LogP contribution < -0.4 is 15.8 Å². The zero-order chi connectivity index (χ0) is 23.2. The van der Waals surface area contributed by atoms with Crippen molar-refractivity contribution in [1.82, 2.24) is 10.2 Å². The van der Waals surface area contributed by atoms with Gasteiger partial charge in [0.15, 0.2) is 0 Å². The Morgan fingerprint density at radius 1 is 0.970 bits per heavy atom. The molecular weight excluding hydrogens is 414 g/mol. The van der Waals surface area contributed by atoms with Crippen molar-refractivity contribution < 1.29 is 14.3 Å². The van der Waals surface area contributed by atoms with Crippen LogP contribution in [0.15, 0.2) is 54.6 Å². The molecule has 3 N–H and O–H groups in total. The Hall–Kier alpha value is -2.86. The Labute approximate surface area is 196 Å². The van der Waals surface area contributed by atoms with Gasteiger partial charge in [-0.15, -0.1) is 0 Å². The van der Waals surface area contributed by atoms with Crippen LogP contribution in [0, 0.1) is 5.92 Å². The van der Waals surface area contributed by atoms with E-state index in [1.54, 1.807) is 6.92 Å². The number of hydrogen-bond donors (Lipinski definition) is 2. The number of carbonyl (C=O) groups is 2. The molecule has 2 aromatic rings. The van der Waals surface area contributed by atoms with Crippen molar-refractivity contribution in [1.29, 1.82) is 0 Å². The molecule has 4 rings (SSSR count). The molecule has 33 heavy (non-hydrogen) atoms. The number of hydrogen-bond acceptors (Lipinski definition) is 4. The number of rotatable bonds is 7. The minimum Gasteiger partial charge on any atom is -0.457 e. The van der Waals surface area contributed by atoms with E-state index in [0.717, 1.165) is 55.6 Å². The minimum atomic E-state index is -0.634. The Morgan fingerprint density at radius 2 is 1.70 bits per heavy atom. The molecule has 0 spiro atoms. The minimum absolute atomic E-state index is 0.0184. The van der Waals surface area contributed by atoms with Crippen LogP contribution in [0.4, 0.5) is 0 Å². The molecule has 6 nitrogen and oxygen atoms in total. The number of amides is 2. The van der Waals surface area contributed by atoms with E-state index in [1.165, 1.54) is 6.42 Å². The van der Waals surface area contributed by atoms with Gasteiger partial charge in [-0.05, 0) is 68.4 Å². The maximum atomic E-state index is 13.8. The van der Waals surface area contributed by atoms with E-state index in [2.05, 4.69) is 11.4 Å². The summed E-state index contributed by atoms with van der Waals surface area (Å²) >= 11 is 0. The Bertz CT molecular complexity index is 941. The molecule has 2 amide bonds. The number of para-hydroxylation sites is 1. The third-order valence-corrected chi connectivity index (χ3v) is 6.86. The van der Waals surface area contributed by atoms with Crippen LogP contribution in [0.5, 0.6) is 11.5 Å². The lowest BCUT2D eigenvalue weighted by atomic mass is 9.83. The molecule has 0 unspecified atom stereocenters. The average Bonchev–Trinajstić information content (AvgIpc) is 3.33. The van der Waals surface area contributed by atoms with Crippen LogP contribution in [0.3, 0.4) is 0 Å². The van der Waals surface area contributed by atoms with Gasteiger partial charge in [-0.2, -0.15) is 0 Å². The molecule has 2 fully saturated rings. The first-order chi connectivity index (χ1) is 16.0. The number of nitrogens with zero attached hydrogens (tertiary/aromatic N) is 1. The monoisotopic (exact) mass is 449 g/mol. The van der Waals surface area contributed by atoms with Crippen molar-refractivity contribution in [2.45, 2.75) is 70.0 Å². The molecule has 0 aromatic heterocycles. The summed E-state index contributed by atoms with van der Waals surface area (Å²) in [5.41, 5.74) is 6.88. The molecule has 0 radical (unpaired) electrons. The Balaban J connectivity index is 1.53. The number of nitrogens with two attached hydrogens (primary N) is 1. The standard InChI is InChI=1S/C27H35N3O3/c1-19(28)26(31)29-25(20-10-4-2-5-11-20)27(32)30-17-9-16-24(30)21-12-8-15-23(18-21)33-22-13-6-3-7-14-22/h3,6-8,12-15,18-20,24-25H,2,4-5,9-11,16-17,28H2,1H3,(H,29,31)/t19-,24-,25-/m0/s1. The Kier molecular flexibility index (Phi) is 7.65. The lowest BCUT2D eigenvalue weighted by molar-refractivity contribution is -0.139. The van der Waals surface area contributed by atoms with E-state index < -0.39 is 12.1 Å². The van der Waals surface area contributed by atoms with E-state index in [9.17, 15) is 9.59 Å². The predicted molar refractivity (Wildman–Crippen MR) is 129 cm³/mol. The number of ether oxygens (including phenoxy) is 1. The van der Waals surface area contributed by atoms with Gasteiger partial charge in [-0.25, -0.2) is 0 Å². The normalized spacial score (nSPS) is 20.8. The highest BCUT2D eigenvalue weighted by molar-refractivity contribution is 5.90. The van der Waals surface area contributed by atoms with E-state index in [0.29, 0.717) is 6.54 Å². The summed E-state index contributed by atoms with van der Waals surface area (Å²) in [6.07, 6.45) is 7.18. The average molecular weight is 450 g/mol. The summed E-state index contributed by atoms with van der Waals surface area (Å²) in [7, 11) is 0. The molecule has 1 aliphatic heterocycles. The SMILES string of the molecule is C[C@H](N)C(=O)N[C@H](C(=O)N1CCC[C@H]1c1cccc(Oc2ccccc2)c1)C1CCCCC1. The summed E-state index contributed by atoms with van der Waals surface area (Å²) in [5.74, 6) is 1.47. The summed E-state index contributed by atoms with van der Waals surface area (Å²) in [4.78, 5) is 28.2. The second-order valence-electron chi connectivity index (χ2n) is 9.35. The predicted octanol–water partition coefficient (Wildman–Crippen LogP) is 4.55. The quantitative estimate of drug-likeness (QED) is 0.649. The summed E-state index contributed by atoms with van der Waals surface area (Å²) in [6.45, 7) is 2.36. The fourth-order valence-corrected chi connectivity index (χ4v) is 5.10. The van der Waals surface area contributed by atoms with Crippen LogP contribution in [-0.2, 0) is 9.59 Å². The van der Waals surface area contributed by atoms with Gasteiger partial charge in [0, 0.05) is 6.54 Å². The lowest BCUT2D eigenvalue weighted by Gasteiger charge is -2.35. The maximum Gasteiger partial charge on any atom is 0.245 e. The third-order valence-electron chi connectivity index (χ3n) is 6.86. The molecule has 1 aliphatic carbocycles. The van der Waals surface area contributed by atoms with Crippen molar-refractivity contribution >= 4 is 11.8 Å². The number of nitrogens with one attached hydrogen (secondary N) is 1. The van der Waals surface area contributed by atoms with E-state index in [1.807, 2.05) is 53.4 Å². The smallest absolute Gasteiger partial charge is 0.245 e. The molecule has 6 heteroatoms. The molecule has 1 saturated heterocycles. The molecule has 2 aromatic carbocycles. The van der Waals surface area contributed by atoms with Crippen LogP contribution in [0.25, 0.3) is 0 Å². The fraction of sp³-hybridized carbons (Fsp3) is 0.481. The molecular formula is C27H35N3O3. The van der Waals surface area contributed by atoms with Gasteiger partial charge >= 0.3 is 0 Å². The summed E-state index contributed by atoms with van der Waals surface area (Å²) in [5, 5.41) is 3.00. The zero-order valence-corrected chi connectivity index (χ0v) is 19.4. The maximum absolute atomic E-state index is 13.8. The second-order valence-corrected chi connectivity index (χ2v) is 9.35. The highest BCUT2D eigenvalue weighted by Gasteiger charge is 2.39. The van der Waals surface area contributed by atoms with Gasteiger partial charge in [0.05, 0.1) is 12.1 Å². The third kappa shape index (κ3) is 5.74. The van der Waals surface area contributed by atoms with Crippen molar-refractivity contribution in [3.63, 3.8) is 0 Å². The zero-order valence-electron chi connectivity index (χ0n) is 19.4. The van der Waals surface area contributed by atoms with Gasteiger partial charge in [0.2, 0.25) is 11.8 Å². The molecule has 2 aliphatic rings. The molecule has 1 saturated carbocycles. The summed E-state index contributed by atoms with van der Waals surface area (Å²) < 4.78 is 6.02. The van der Waals surface area contributed by atoms with Crippen molar-refractivity contribution in [3.8, 4) is 11.5 Å². The molecule has 1 heterocycles. The van der Waals surface area contributed by atoms with Crippen molar-refractivity contribution in [2.24, 2.45) is 11.7 Å². The fourth-order valence-electron chi connectivity index (χ4n) is 5.10. The topological polar surface area (TPSA) is 84.7 Å². The largest absolute Gasteiger partial charge is 0.457 e. The van der Waals surface area contributed by atoms with E-state index in [4.69, 9.17) is 10.5 Å². The van der Waals surface area contributed by atoms with Gasteiger partial charge in [-0.1, -0.05) is 49.6 Å². The molecule has 3 atom stereocenters. The van der Waals surface area contributed by atoms with E-state index in [-0.39, 0.29) is 23.8 Å². The van der Waals surface area contributed by atoms with Gasteiger partial charge < -0.3 is 20.7 Å². The highest BCUT2D eigenvalue weighted by atomic mass is 16.5. The first kappa shape index (κ1) is 23.3. The number of benzene rings is 2. The highest BCUT2D eigenvalue weighted by Crippen LogP contribution is 2.36. The summed E-state index contributed by atoms with van der Waals surface area (Å²) in [6, 6.07) is 16.5. The van der Waals surface area contributed by atoms with Crippen LogP contribution in [-0.4, -0.2) is 35.3 Å². The second kappa shape index (κ2) is 10.8. The van der Waals surface area contributed by atoms with Crippen LogP contribution in [0.2, 0.25) is 0 Å². The van der Waals surface area contributed by atoms with Gasteiger partial charge in [0.1, 0.15) is 17.5 Å². The van der Waals surface area contributed by atoms with E-state index >= 15 is 0 Å². The first-order valence-corrected chi connectivity index (χ1v) is 12.2. The number of likely N-dealkylation sites (tertiary alicyclic amines) is 1. The van der Waals surface area contributed by atoms with Crippen molar-refractivity contribution in [2.75, 3.05) is 6.54 Å². The van der Waals surface area contributed by atoms with Gasteiger partial charge in [0.25, 0.3) is 0 Å². The van der Waals surface area contributed by atoms with Crippen LogP contribution in [0.1, 0.15) is 63.5 Å². The Morgan fingerprint density at radius 3 is 2.42 bits per heavy atom. The van der Waals surface area contributed by atoms with Crippen LogP contribution >= 0.6 is 0 Å². The first-order valence-electron chi connectivity index (χ1n) is 12.2. The molecule has 176 valence electrons. The number of carbonyl (C=O) groups excluding carboxylic acids is 2.